The normalized spacial score (nSPS) is 18.8. The fourth-order valence-electron chi connectivity index (χ4n) is 6.79. The lowest BCUT2D eigenvalue weighted by atomic mass is 9.89. The zero-order valence-electron chi connectivity index (χ0n) is 26.8. The highest BCUT2D eigenvalue weighted by atomic mass is 16.7. The third kappa shape index (κ3) is 6.96. The van der Waals surface area contributed by atoms with Gasteiger partial charge in [0.2, 0.25) is 12.7 Å². The quantitative estimate of drug-likeness (QED) is 0.184. The molecule has 2 aliphatic heterocycles. The average molecular weight is 637 g/mol. The van der Waals surface area contributed by atoms with Crippen LogP contribution in [0.4, 0.5) is 0 Å². The predicted molar refractivity (Wildman–Crippen MR) is 177 cm³/mol. The number of carbonyl (C=O) groups is 2. The van der Waals surface area contributed by atoms with Crippen LogP contribution in [0.2, 0.25) is 0 Å². The van der Waals surface area contributed by atoms with Gasteiger partial charge in [-0.25, -0.2) is 0 Å². The minimum atomic E-state index is -0.989. The Hall–Kier alpha value is -4.86. The van der Waals surface area contributed by atoms with Gasteiger partial charge in [0.15, 0.2) is 11.5 Å². The van der Waals surface area contributed by atoms with Crippen molar-refractivity contribution in [3.8, 4) is 17.2 Å². The van der Waals surface area contributed by atoms with E-state index in [2.05, 4.69) is 5.32 Å². The summed E-state index contributed by atoms with van der Waals surface area (Å²) in [5.74, 6) is 0.265. The maximum Gasteiger partial charge on any atom is 0.321 e. The Morgan fingerprint density at radius 3 is 2.15 bits per heavy atom. The molecule has 3 unspecified atom stereocenters. The van der Waals surface area contributed by atoms with Crippen LogP contribution in [0.5, 0.6) is 17.2 Å². The molecule has 3 atom stereocenters. The molecule has 1 amide bonds. The summed E-state index contributed by atoms with van der Waals surface area (Å²) in [4.78, 5) is 29.0. The molecule has 0 radical (unpaired) electrons. The van der Waals surface area contributed by atoms with Crippen LogP contribution in [0, 0.1) is 13.8 Å². The number of amides is 1. The summed E-state index contributed by atoms with van der Waals surface area (Å²) in [6.45, 7) is 4.97. The first kappa shape index (κ1) is 32.1. The van der Waals surface area contributed by atoms with Crippen molar-refractivity contribution in [3.63, 3.8) is 0 Å². The Kier molecular flexibility index (Phi) is 9.75. The van der Waals surface area contributed by atoms with E-state index in [1.807, 2.05) is 110 Å². The van der Waals surface area contributed by atoms with Crippen molar-refractivity contribution in [2.45, 2.75) is 44.3 Å². The first-order chi connectivity index (χ1) is 22.8. The smallest absolute Gasteiger partial charge is 0.321 e. The lowest BCUT2D eigenvalue weighted by Gasteiger charge is -2.30. The summed E-state index contributed by atoms with van der Waals surface area (Å²) in [5, 5.41) is 14.0. The molecular weight excluding hydrogens is 596 g/mol. The van der Waals surface area contributed by atoms with Gasteiger partial charge in [-0.15, -0.1) is 0 Å². The number of benzene rings is 4. The van der Waals surface area contributed by atoms with Gasteiger partial charge >= 0.3 is 5.97 Å². The molecule has 2 N–H and O–H groups in total. The van der Waals surface area contributed by atoms with Crippen molar-refractivity contribution in [1.29, 1.82) is 0 Å². The third-order valence-corrected chi connectivity index (χ3v) is 9.15. The highest BCUT2D eigenvalue weighted by molar-refractivity contribution is 5.82. The number of aryl methyl sites for hydroxylation is 2. The number of methoxy groups -OCH3 is 1. The number of ether oxygens (including phenoxy) is 4. The van der Waals surface area contributed by atoms with Crippen molar-refractivity contribution in [1.82, 2.24) is 10.2 Å². The van der Waals surface area contributed by atoms with E-state index in [1.54, 1.807) is 7.11 Å². The van der Waals surface area contributed by atoms with Crippen LogP contribution in [0.25, 0.3) is 0 Å². The lowest BCUT2D eigenvalue weighted by Crippen LogP contribution is -2.46. The number of likely N-dealkylation sites (tertiary alicyclic amines) is 1. The van der Waals surface area contributed by atoms with Crippen LogP contribution < -0.4 is 19.5 Å². The van der Waals surface area contributed by atoms with E-state index in [9.17, 15) is 14.7 Å². The van der Waals surface area contributed by atoms with Crippen molar-refractivity contribution in [3.05, 3.63) is 124 Å². The van der Waals surface area contributed by atoms with Crippen molar-refractivity contribution in [2.24, 2.45) is 0 Å². The maximum atomic E-state index is 14.1. The number of aliphatic carboxylic acids is 1. The van der Waals surface area contributed by atoms with Crippen LogP contribution in [0.1, 0.15) is 57.8 Å². The number of rotatable bonds is 12. The SMILES string of the molecule is COCCOc1ccc(C2CC(c3ccc4c(c3)OCO4)C(C(=O)O)N2CC(=O)NC(c2ccccc2C)c2ccccc2C)cc1. The number of carboxylic acid groups (broad SMARTS) is 1. The Bertz CT molecular complexity index is 1680. The molecule has 9 nitrogen and oxygen atoms in total. The summed E-state index contributed by atoms with van der Waals surface area (Å²) in [6, 6.07) is 27.5. The van der Waals surface area contributed by atoms with Gasteiger partial charge < -0.3 is 29.4 Å². The molecular formula is C38H40N2O7. The number of fused-ring (bicyclic) bond motifs is 1. The van der Waals surface area contributed by atoms with Gasteiger partial charge in [0.25, 0.3) is 0 Å². The Morgan fingerprint density at radius 2 is 1.51 bits per heavy atom. The highest BCUT2D eigenvalue weighted by Gasteiger charge is 2.47. The Labute approximate surface area is 275 Å². The van der Waals surface area contributed by atoms with Crippen LogP contribution >= 0.6 is 0 Å². The van der Waals surface area contributed by atoms with E-state index in [0.29, 0.717) is 36.9 Å². The second kappa shape index (κ2) is 14.3. The number of carboxylic acids is 1. The molecule has 1 fully saturated rings. The highest BCUT2D eigenvalue weighted by Crippen LogP contribution is 2.47. The average Bonchev–Trinajstić information content (AvgIpc) is 3.69. The van der Waals surface area contributed by atoms with Gasteiger partial charge in [-0.1, -0.05) is 66.7 Å². The number of hydrogen-bond acceptors (Lipinski definition) is 7. The molecule has 9 heteroatoms. The summed E-state index contributed by atoms with van der Waals surface area (Å²) in [7, 11) is 1.62. The predicted octanol–water partition coefficient (Wildman–Crippen LogP) is 5.95. The number of nitrogens with zero attached hydrogens (tertiary/aromatic N) is 1. The Morgan fingerprint density at radius 1 is 0.872 bits per heavy atom. The van der Waals surface area contributed by atoms with Crippen LogP contribution in [0.3, 0.4) is 0 Å². The fourth-order valence-corrected chi connectivity index (χ4v) is 6.79. The monoisotopic (exact) mass is 636 g/mol. The summed E-state index contributed by atoms with van der Waals surface area (Å²) < 4.78 is 22.0. The molecule has 0 bridgehead atoms. The van der Waals surface area contributed by atoms with Crippen LogP contribution in [0.15, 0.2) is 91.0 Å². The third-order valence-electron chi connectivity index (χ3n) is 9.15. The molecule has 4 aromatic carbocycles. The van der Waals surface area contributed by atoms with Gasteiger partial charge in [0.1, 0.15) is 18.4 Å². The second-order valence-electron chi connectivity index (χ2n) is 12.1. The van der Waals surface area contributed by atoms with E-state index < -0.39 is 24.0 Å². The van der Waals surface area contributed by atoms with Crippen molar-refractivity contribution < 1.29 is 33.6 Å². The largest absolute Gasteiger partial charge is 0.491 e. The van der Waals surface area contributed by atoms with Gasteiger partial charge in [-0.05, 0) is 77.9 Å². The van der Waals surface area contributed by atoms with E-state index in [0.717, 1.165) is 33.4 Å². The molecule has 2 aliphatic rings. The minimum absolute atomic E-state index is 0.108. The first-order valence-electron chi connectivity index (χ1n) is 15.8. The minimum Gasteiger partial charge on any atom is -0.491 e. The molecule has 244 valence electrons. The van der Waals surface area contributed by atoms with Crippen LogP contribution in [-0.2, 0) is 14.3 Å². The second-order valence-corrected chi connectivity index (χ2v) is 12.1. The lowest BCUT2D eigenvalue weighted by molar-refractivity contribution is -0.143. The molecule has 0 saturated carbocycles. The van der Waals surface area contributed by atoms with Gasteiger partial charge in [-0.3, -0.25) is 14.5 Å². The first-order valence-corrected chi connectivity index (χ1v) is 15.8. The fraction of sp³-hybridized carbons (Fsp3) is 0.316. The molecule has 4 aromatic rings. The standard InChI is InChI=1S/C38H40N2O7/c1-24-8-4-6-10-29(24)36(30-11-7-5-9-25(30)2)39-35(41)22-40-32(26-12-15-28(16-13-26)45-19-18-44-3)21-31(37(40)38(42)43)27-14-17-33-34(20-27)47-23-46-33/h4-17,20,31-32,36-37H,18-19,21-23H2,1-3H3,(H,39,41)(H,42,43). The number of nitrogens with one attached hydrogen (secondary N) is 1. The molecule has 0 spiro atoms. The zero-order valence-corrected chi connectivity index (χ0v) is 26.8. The summed E-state index contributed by atoms with van der Waals surface area (Å²) >= 11 is 0. The van der Waals surface area contributed by atoms with E-state index in [-0.39, 0.29) is 25.3 Å². The molecule has 0 aliphatic carbocycles. The molecule has 2 heterocycles. The topological polar surface area (TPSA) is 107 Å². The van der Waals surface area contributed by atoms with E-state index in [1.165, 1.54) is 0 Å². The maximum absolute atomic E-state index is 14.1. The van der Waals surface area contributed by atoms with Gasteiger partial charge in [0, 0.05) is 19.1 Å². The van der Waals surface area contributed by atoms with Crippen molar-refractivity contribution in [2.75, 3.05) is 33.7 Å². The molecule has 47 heavy (non-hydrogen) atoms. The van der Waals surface area contributed by atoms with Crippen molar-refractivity contribution >= 4 is 11.9 Å². The number of hydrogen-bond donors (Lipinski definition) is 2. The van der Waals surface area contributed by atoms with Gasteiger partial charge in [0.05, 0.1) is 19.2 Å². The molecule has 0 aromatic heterocycles. The molecule has 1 saturated heterocycles. The van der Waals surface area contributed by atoms with Gasteiger partial charge in [-0.2, -0.15) is 0 Å². The summed E-state index contributed by atoms with van der Waals surface area (Å²) in [5.41, 5.74) is 5.82. The zero-order chi connectivity index (χ0) is 32.9. The number of carbonyl (C=O) groups excluding carboxylic acids is 1. The summed E-state index contributed by atoms with van der Waals surface area (Å²) in [6.07, 6.45) is 0.493. The van der Waals surface area contributed by atoms with Crippen LogP contribution in [-0.4, -0.2) is 61.6 Å². The molecule has 6 rings (SSSR count). The van der Waals surface area contributed by atoms with E-state index >= 15 is 0 Å². The Balaban J connectivity index is 1.33. The van der Waals surface area contributed by atoms with E-state index in [4.69, 9.17) is 18.9 Å².